The van der Waals surface area contributed by atoms with E-state index in [9.17, 15) is 8.42 Å². The molecule has 1 aromatic heterocycles. The van der Waals surface area contributed by atoms with Gasteiger partial charge in [0.1, 0.15) is 0 Å². The van der Waals surface area contributed by atoms with E-state index in [1.54, 1.807) is 17.4 Å². The molecule has 2 aromatic rings. The zero-order chi connectivity index (χ0) is 13.7. The molecule has 5 heteroatoms. The molecule has 0 amide bonds. The number of sulfone groups is 1. The summed E-state index contributed by atoms with van der Waals surface area (Å²) in [4.78, 5) is 2.83. The Bertz CT molecular complexity index is 737. The molecule has 3 heterocycles. The van der Waals surface area contributed by atoms with Crippen molar-refractivity contribution in [3.63, 3.8) is 0 Å². The first kappa shape index (κ1) is 12.6. The van der Waals surface area contributed by atoms with Crippen molar-refractivity contribution in [2.75, 3.05) is 13.1 Å². The fraction of sp³-hybridized carbons (Fsp3) is 0.333. The Balaban J connectivity index is 1.66. The summed E-state index contributed by atoms with van der Waals surface area (Å²) in [5, 5.41) is 3.95. The molecule has 2 aliphatic rings. The fourth-order valence-corrected chi connectivity index (χ4v) is 6.32. The van der Waals surface area contributed by atoms with E-state index < -0.39 is 9.84 Å². The summed E-state index contributed by atoms with van der Waals surface area (Å²) in [6, 6.07) is 9.61. The Morgan fingerprint density at radius 2 is 2.05 bits per heavy atom. The van der Waals surface area contributed by atoms with Gasteiger partial charge in [0.2, 0.25) is 0 Å². The topological polar surface area (TPSA) is 37.4 Å². The standard InChI is InChI=1S/C15H15NO2S2/c17-20(18)14-4-2-1-3-12(14)13-8-16(9-15(13)20)7-11-5-6-19-10-11/h1-6,10,13,15H,7-9H2/t13-,15-/m0/s1. The molecule has 3 nitrogen and oxygen atoms in total. The van der Waals surface area contributed by atoms with Gasteiger partial charge in [0.05, 0.1) is 10.1 Å². The van der Waals surface area contributed by atoms with Crippen molar-refractivity contribution in [3.05, 3.63) is 52.2 Å². The summed E-state index contributed by atoms with van der Waals surface area (Å²) < 4.78 is 25.2. The molecule has 1 fully saturated rings. The van der Waals surface area contributed by atoms with E-state index in [1.165, 1.54) is 5.56 Å². The van der Waals surface area contributed by atoms with Crippen molar-refractivity contribution in [2.45, 2.75) is 22.6 Å². The number of likely N-dealkylation sites (tertiary alicyclic amines) is 1. The summed E-state index contributed by atoms with van der Waals surface area (Å²) in [5.74, 6) is 0.148. The van der Waals surface area contributed by atoms with Crippen molar-refractivity contribution in [3.8, 4) is 0 Å². The Kier molecular flexibility index (Phi) is 2.77. The Morgan fingerprint density at radius 1 is 1.20 bits per heavy atom. The van der Waals surface area contributed by atoms with E-state index in [1.807, 2.05) is 18.2 Å². The van der Waals surface area contributed by atoms with Crippen LogP contribution < -0.4 is 0 Å². The van der Waals surface area contributed by atoms with E-state index in [-0.39, 0.29) is 11.2 Å². The molecular weight excluding hydrogens is 290 g/mol. The van der Waals surface area contributed by atoms with Crippen LogP contribution in [0.5, 0.6) is 0 Å². The van der Waals surface area contributed by atoms with E-state index in [0.29, 0.717) is 11.4 Å². The van der Waals surface area contributed by atoms with Crippen LogP contribution in [0.1, 0.15) is 17.0 Å². The highest BCUT2D eigenvalue weighted by atomic mass is 32.2. The zero-order valence-corrected chi connectivity index (χ0v) is 12.5. The Labute approximate surface area is 122 Å². The molecule has 20 heavy (non-hydrogen) atoms. The number of fused-ring (bicyclic) bond motifs is 3. The SMILES string of the molecule is O=S1(=O)c2ccccc2[C@@H]2CN(Cc3ccsc3)C[C@@H]21. The number of rotatable bonds is 2. The van der Waals surface area contributed by atoms with Gasteiger partial charge in [-0.1, -0.05) is 18.2 Å². The van der Waals surface area contributed by atoms with Crippen LogP contribution in [0.3, 0.4) is 0 Å². The van der Waals surface area contributed by atoms with Crippen LogP contribution in [0.15, 0.2) is 46.0 Å². The lowest BCUT2D eigenvalue weighted by Crippen LogP contribution is -2.25. The molecule has 0 aliphatic carbocycles. The molecule has 0 saturated carbocycles. The van der Waals surface area contributed by atoms with Crippen molar-refractivity contribution < 1.29 is 8.42 Å². The third-order valence-electron chi connectivity index (χ3n) is 4.35. The van der Waals surface area contributed by atoms with Gasteiger partial charge in [-0.25, -0.2) is 8.42 Å². The second kappa shape index (κ2) is 4.41. The van der Waals surface area contributed by atoms with Gasteiger partial charge in [-0.15, -0.1) is 0 Å². The monoisotopic (exact) mass is 305 g/mol. The first-order valence-electron chi connectivity index (χ1n) is 6.72. The Morgan fingerprint density at radius 3 is 2.85 bits per heavy atom. The zero-order valence-electron chi connectivity index (χ0n) is 10.9. The molecule has 1 saturated heterocycles. The van der Waals surface area contributed by atoms with Crippen LogP contribution in [0.4, 0.5) is 0 Å². The highest BCUT2D eigenvalue weighted by molar-refractivity contribution is 7.92. The number of benzene rings is 1. The molecule has 1 aromatic carbocycles. The second-order valence-electron chi connectivity index (χ2n) is 5.55. The van der Waals surface area contributed by atoms with E-state index in [0.717, 1.165) is 18.7 Å². The van der Waals surface area contributed by atoms with E-state index in [4.69, 9.17) is 0 Å². The molecular formula is C15H15NO2S2. The van der Waals surface area contributed by atoms with Crippen molar-refractivity contribution in [1.82, 2.24) is 4.90 Å². The first-order valence-corrected chi connectivity index (χ1v) is 9.21. The van der Waals surface area contributed by atoms with Gasteiger partial charge in [-0.05, 0) is 34.0 Å². The third kappa shape index (κ3) is 1.77. The van der Waals surface area contributed by atoms with Crippen LogP contribution in [0.25, 0.3) is 0 Å². The van der Waals surface area contributed by atoms with Gasteiger partial charge < -0.3 is 0 Å². The number of nitrogens with zero attached hydrogens (tertiary/aromatic N) is 1. The number of hydrogen-bond acceptors (Lipinski definition) is 4. The van der Waals surface area contributed by atoms with Gasteiger partial charge >= 0.3 is 0 Å². The predicted octanol–water partition coefficient (Wildman–Crippen LogP) is 2.50. The van der Waals surface area contributed by atoms with Gasteiger partial charge in [0, 0.05) is 25.6 Å². The first-order chi connectivity index (χ1) is 9.66. The lowest BCUT2D eigenvalue weighted by atomic mass is 9.99. The molecule has 104 valence electrons. The average molecular weight is 305 g/mol. The molecule has 0 unspecified atom stereocenters. The minimum Gasteiger partial charge on any atom is -0.297 e. The van der Waals surface area contributed by atoms with E-state index in [2.05, 4.69) is 21.7 Å². The maximum absolute atomic E-state index is 12.6. The summed E-state index contributed by atoms with van der Waals surface area (Å²) in [5.41, 5.74) is 2.30. The van der Waals surface area contributed by atoms with Gasteiger partial charge in [-0.3, -0.25) is 4.90 Å². The maximum atomic E-state index is 12.6. The quantitative estimate of drug-likeness (QED) is 0.855. The van der Waals surface area contributed by atoms with Gasteiger partial charge in [0.15, 0.2) is 9.84 Å². The fourth-order valence-electron chi connectivity index (χ4n) is 3.44. The number of hydrogen-bond donors (Lipinski definition) is 0. The van der Waals surface area contributed by atoms with Crippen LogP contribution in [0.2, 0.25) is 0 Å². The summed E-state index contributed by atoms with van der Waals surface area (Å²) in [7, 11) is -3.13. The summed E-state index contributed by atoms with van der Waals surface area (Å²) in [6.45, 7) is 2.35. The van der Waals surface area contributed by atoms with Crippen LogP contribution >= 0.6 is 11.3 Å². The highest BCUT2D eigenvalue weighted by Crippen LogP contribution is 2.44. The third-order valence-corrected chi connectivity index (χ3v) is 7.34. The van der Waals surface area contributed by atoms with E-state index >= 15 is 0 Å². The van der Waals surface area contributed by atoms with Crippen LogP contribution in [-0.4, -0.2) is 31.7 Å². The lowest BCUT2D eigenvalue weighted by Gasteiger charge is -2.16. The van der Waals surface area contributed by atoms with Gasteiger partial charge in [-0.2, -0.15) is 11.3 Å². The smallest absolute Gasteiger partial charge is 0.183 e. The van der Waals surface area contributed by atoms with Crippen molar-refractivity contribution >= 4 is 21.2 Å². The largest absolute Gasteiger partial charge is 0.297 e. The summed E-state index contributed by atoms with van der Waals surface area (Å²) in [6.07, 6.45) is 0. The highest BCUT2D eigenvalue weighted by Gasteiger charge is 2.49. The molecule has 0 radical (unpaired) electrons. The molecule has 2 aliphatic heterocycles. The normalized spacial score (nSPS) is 27.4. The van der Waals surface area contributed by atoms with Gasteiger partial charge in [0.25, 0.3) is 0 Å². The second-order valence-corrected chi connectivity index (χ2v) is 8.47. The van der Waals surface area contributed by atoms with Crippen LogP contribution in [-0.2, 0) is 16.4 Å². The molecule has 0 spiro atoms. The molecule has 4 rings (SSSR count). The molecule has 0 bridgehead atoms. The lowest BCUT2D eigenvalue weighted by molar-refractivity contribution is 0.326. The minimum atomic E-state index is -3.13. The minimum absolute atomic E-state index is 0.148. The average Bonchev–Trinajstić information content (AvgIpc) is 3.12. The number of thiophene rings is 1. The van der Waals surface area contributed by atoms with Crippen molar-refractivity contribution in [1.29, 1.82) is 0 Å². The van der Waals surface area contributed by atoms with Crippen LogP contribution in [0, 0.1) is 0 Å². The summed E-state index contributed by atoms with van der Waals surface area (Å²) >= 11 is 1.69. The molecule has 0 N–H and O–H groups in total. The van der Waals surface area contributed by atoms with Crippen molar-refractivity contribution in [2.24, 2.45) is 0 Å². The molecule has 2 atom stereocenters. The predicted molar refractivity (Wildman–Crippen MR) is 79.8 cm³/mol. The Hall–Kier alpha value is -1.17. The maximum Gasteiger partial charge on any atom is 0.183 e.